The molecule has 0 spiro atoms. The summed E-state index contributed by atoms with van der Waals surface area (Å²) in [5, 5.41) is 23.6. The highest BCUT2D eigenvalue weighted by molar-refractivity contribution is 5.77. The fourth-order valence-corrected chi connectivity index (χ4v) is 6.90. The number of amides is 1. The number of ether oxygens (including phenoxy) is 1. The summed E-state index contributed by atoms with van der Waals surface area (Å²) in [5.41, 5.74) is 0. The van der Waals surface area contributed by atoms with Crippen LogP contribution in [-0.4, -0.2) is 46.9 Å². The van der Waals surface area contributed by atoms with E-state index in [1.54, 1.807) is 0 Å². The maximum Gasteiger partial charge on any atom is 0.306 e. The summed E-state index contributed by atoms with van der Waals surface area (Å²) in [7, 11) is 0. The Labute approximate surface area is 317 Å². The lowest BCUT2D eigenvalue weighted by Crippen LogP contribution is -2.46. The van der Waals surface area contributed by atoms with Gasteiger partial charge in [-0.2, -0.15) is 0 Å². The van der Waals surface area contributed by atoms with Gasteiger partial charge in [0.25, 0.3) is 0 Å². The van der Waals surface area contributed by atoms with E-state index in [9.17, 15) is 19.8 Å². The molecule has 0 aromatic rings. The van der Waals surface area contributed by atoms with Crippen molar-refractivity contribution < 1.29 is 24.5 Å². The topological polar surface area (TPSA) is 95.9 Å². The third-order valence-corrected chi connectivity index (χ3v) is 10.3. The van der Waals surface area contributed by atoms with E-state index in [-0.39, 0.29) is 24.9 Å². The SMILES string of the molecule is CCC/C=C\CCCCCCCC(=O)OC(CCCCCCCCCCCCCC)CC(=O)NC(CO)C(O)CCCCCCCCCCCC. The minimum absolute atomic E-state index is 0.0802. The van der Waals surface area contributed by atoms with E-state index in [1.807, 2.05) is 0 Å². The number of aliphatic hydroxyl groups is 2. The molecule has 0 aromatic heterocycles. The molecule has 1 amide bonds. The smallest absolute Gasteiger partial charge is 0.306 e. The van der Waals surface area contributed by atoms with Gasteiger partial charge in [-0.1, -0.05) is 193 Å². The largest absolute Gasteiger partial charge is 0.462 e. The first kappa shape index (κ1) is 49.6. The highest BCUT2D eigenvalue weighted by Gasteiger charge is 2.24. The summed E-state index contributed by atoms with van der Waals surface area (Å²) in [5.74, 6) is -0.477. The molecule has 3 N–H and O–H groups in total. The summed E-state index contributed by atoms with van der Waals surface area (Å²) >= 11 is 0. The minimum atomic E-state index is -0.780. The quantitative estimate of drug-likeness (QED) is 0.0332. The van der Waals surface area contributed by atoms with E-state index >= 15 is 0 Å². The first-order valence-corrected chi connectivity index (χ1v) is 22.4. The van der Waals surface area contributed by atoms with E-state index < -0.39 is 18.2 Å². The van der Waals surface area contributed by atoms with E-state index in [2.05, 4.69) is 38.2 Å². The van der Waals surface area contributed by atoms with Crippen LogP contribution in [-0.2, 0) is 14.3 Å². The Hall–Kier alpha value is -1.40. The standard InChI is InChI=1S/C45H87NO5/c1-4-7-10-13-16-19-22-23-24-27-30-33-36-41(51-45(50)38-35-32-29-26-21-18-15-12-9-6-3)39-44(49)46-42(40-47)43(48)37-34-31-28-25-20-17-14-11-8-5-2/h12,15,41-43,47-48H,4-11,13-14,16-40H2,1-3H3,(H,46,49)/b15-12-. The summed E-state index contributed by atoms with van der Waals surface area (Å²) in [6.07, 6.45) is 41.3. The molecule has 0 aliphatic heterocycles. The Kier molecular flexibility index (Phi) is 38.7. The summed E-state index contributed by atoms with van der Waals surface area (Å²) < 4.78 is 5.88. The summed E-state index contributed by atoms with van der Waals surface area (Å²) in [6, 6.07) is -0.693. The van der Waals surface area contributed by atoms with Crippen molar-refractivity contribution in [1.29, 1.82) is 0 Å². The molecule has 6 heteroatoms. The van der Waals surface area contributed by atoms with Crippen molar-refractivity contribution in [2.45, 2.75) is 257 Å². The van der Waals surface area contributed by atoms with Crippen molar-refractivity contribution >= 4 is 11.9 Å². The number of aliphatic hydroxyl groups excluding tert-OH is 2. The molecule has 0 heterocycles. The molecular formula is C45H87NO5. The van der Waals surface area contributed by atoms with Crippen LogP contribution < -0.4 is 5.32 Å². The summed E-state index contributed by atoms with van der Waals surface area (Å²) in [6.45, 7) is 6.40. The maximum absolute atomic E-state index is 13.1. The van der Waals surface area contributed by atoms with Gasteiger partial charge < -0.3 is 20.3 Å². The molecule has 51 heavy (non-hydrogen) atoms. The molecule has 0 fully saturated rings. The van der Waals surface area contributed by atoms with Gasteiger partial charge in [0, 0.05) is 6.42 Å². The zero-order chi connectivity index (χ0) is 37.5. The van der Waals surface area contributed by atoms with Crippen LogP contribution in [0.1, 0.15) is 239 Å². The van der Waals surface area contributed by atoms with Crippen molar-refractivity contribution in [2.75, 3.05) is 6.61 Å². The zero-order valence-corrected chi connectivity index (χ0v) is 34.3. The molecule has 0 radical (unpaired) electrons. The van der Waals surface area contributed by atoms with Gasteiger partial charge >= 0.3 is 5.97 Å². The number of esters is 1. The van der Waals surface area contributed by atoms with E-state index in [1.165, 1.54) is 135 Å². The van der Waals surface area contributed by atoms with Crippen molar-refractivity contribution in [3.63, 3.8) is 0 Å². The molecule has 0 rings (SSSR count). The van der Waals surface area contributed by atoms with Crippen LogP contribution in [0, 0.1) is 0 Å². The van der Waals surface area contributed by atoms with Crippen LogP contribution in [0.5, 0.6) is 0 Å². The molecule has 0 aromatic carbocycles. The Morgan fingerprint density at radius 1 is 0.549 bits per heavy atom. The average Bonchev–Trinajstić information content (AvgIpc) is 3.12. The van der Waals surface area contributed by atoms with Gasteiger partial charge in [-0.25, -0.2) is 0 Å². The molecule has 3 atom stereocenters. The van der Waals surface area contributed by atoms with Crippen molar-refractivity contribution in [3.8, 4) is 0 Å². The third-order valence-electron chi connectivity index (χ3n) is 10.3. The van der Waals surface area contributed by atoms with Gasteiger partial charge in [0.15, 0.2) is 0 Å². The summed E-state index contributed by atoms with van der Waals surface area (Å²) in [4.78, 5) is 25.9. The van der Waals surface area contributed by atoms with E-state index in [0.717, 1.165) is 57.8 Å². The normalized spacial score (nSPS) is 13.4. The van der Waals surface area contributed by atoms with Gasteiger partial charge in [0.05, 0.1) is 25.2 Å². The van der Waals surface area contributed by atoms with E-state index in [0.29, 0.717) is 19.3 Å². The number of hydrogen-bond acceptors (Lipinski definition) is 5. The van der Waals surface area contributed by atoms with Gasteiger partial charge in [-0.15, -0.1) is 0 Å². The van der Waals surface area contributed by atoms with Crippen LogP contribution in [0.15, 0.2) is 12.2 Å². The van der Waals surface area contributed by atoms with Crippen molar-refractivity contribution in [2.24, 2.45) is 0 Å². The molecule has 0 saturated carbocycles. The number of hydrogen-bond donors (Lipinski definition) is 3. The fourth-order valence-electron chi connectivity index (χ4n) is 6.90. The van der Waals surface area contributed by atoms with Gasteiger partial charge in [0.1, 0.15) is 6.10 Å². The predicted octanol–water partition coefficient (Wildman–Crippen LogP) is 12.6. The van der Waals surface area contributed by atoms with Gasteiger partial charge in [0.2, 0.25) is 5.91 Å². The molecule has 0 saturated heterocycles. The maximum atomic E-state index is 13.1. The highest BCUT2D eigenvalue weighted by Crippen LogP contribution is 2.18. The highest BCUT2D eigenvalue weighted by atomic mass is 16.5. The van der Waals surface area contributed by atoms with Crippen molar-refractivity contribution in [1.82, 2.24) is 5.32 Å². The van der Waals surface area contributed by atoms with Crippen LogP contribution in [0.4, 0.5) is 0 Å². The van der Waals surface area contributed by atoms with Crippen molar-refractivity contribution in [3.05, 3.63) is 12.2 Å². The van der Waals surface area contributed by atoms with Crippen LogP contribution in [0.2, 0.25) is 0 Å². The second kappa shape index (κ2) is 39.8. The van der Waals surface area contributed by atoms with Crippen LogP contribution in [0.3, 0.4) is 0 Å². The van der Waals surface area contributed by atoms with Crippen LogP contribution >= 0.6 is 0 Å². The van der Waals surface area contributed by atoms with Gasteiger partial charge in [-0.3, -0.25) is 9.59 Å². The number of unbranched alkanes of at least 4 members (excludes halogenated alkanes) is 26. The number of carbonyl (C=O) groups excluding carboxylic acids is 2. The zero-order valence-electron chi connectivity index (χ0n) is 34.3. The van der Waals surface area contributed by atoms with Crippen LogP contribution in [0.25, 0.3) is 0 Å². The first-order chi connectivity index (χ1) is 25.0. The molecular weight excluding hydrogens is 634 g/mol. The Morgan fingerprint density at radius 3 is 1.47 bits per heavy atom. The lowest BCUT2D eigenvalue weighted by atomic mass is 10.0. The molecule has 6 nitrogen and oxygen atoms in total. The third kappa shape index (κ3) is 35.4. The second-order valence-electron chi connectivity index (χ2n) is 15.5. The number of rotatable bonds is 40. The number of allylic oxidation sites excluding steroid dienone is 2. The number of nitrogens with one attached hydrogen (secondary N) is 1. The van der Waals surface area contributed by atoms with Gasteiger partial charge in [-0.05, 0) is 44.9 Å². The first-order valence-electron chi connectivity index (χ1n) is 22.4. The lowest BCUT2D eigenvalue weighted by molar-refractivity contribution is -0.151. The molecule has 3 unspecified atom stereocenters. The Morgan fingerprint density at radius 2 is 0.980 bits per heavy atom. The second-order valence-corrected chi connectivity index (χ2v) is 15.5. The monoisotopic (exact) mass is 722 g/mol. The lowest BCUT2D eigenvalue weighted by Gasteiger charge is -2.24. The number of carbonyl (C=O) groups is 2. The molecule has 0 aliphatic rings. The van der Waals surface area contributed by atoms with E-state index in [4.69, 9.17) is 4.74 Å². The predicted molar refractivity (Wildman–Crippen MR) is 218 cm³/mol. The molecule has 0 bridgehead atoms. The fraction of sp³-hybridized carbons (Fsp3) is 0.911. The Balaban J connectivity index is 4.58. The Bertz CT molecular complexity index is 772. The molecule has 302 valence electrons. The average molecular weight is 722 g/mol. The molecule has 0 aliphatic carbocycles. The minimum Gasteiger partial charge on any atom is -0.462 e.